The summed E-state index contributed by atoms with van der Waals surface area (Å²) in [4.78, 5) is 12.2. The summed E-state index contributed by atoms with van der Waals surface area (Å²) in [5, 5.41) is 8.15. The number of methoxy groups -OCH3 is 1. The number of carbonyl (C=O) groups excluding carboxylic acids is 1. The summed E-state index contributed by atoms with van der Waals surface area (Å²) >= 11 is 5.15. The van der Waals surface area contributed by atoms with E-state index < -0.39 is 23.5 Å². The number of hydrogen-bond acceptors (Lipinski definition) is 3. The molecule has 1 amide bonds. The minimum Gasteiger partial charge on any atom is -0.496 e. The number of amides is 1. The van der Waals surface area contributed by atoms with Crippen molar-refractivity contribution in [1.82, 2.24) is 0 Å². The zero-order valence-corrected chi connectivity index (χ0v) is 17.4. The molecule has 0 atom stereocenters. The van der Waals surface area contributed by atoms with E-state index in [1.54, 1.807) is 30.3 Å². The highest BCUT2D eigenvalue weighted by Crippen LogP contribution is 2.37. The van der Waals surface area contributed by atoms with Crippen molar-refractivity contribution >= 4 is 40.3 Å². The van der Waals surface area contributed by atoms with E-state index in [9.17, 15) is 22.4 Å². The fraction of sp³-hybridized carbons (Fsp3) is 0.0909. The van der Waals surface area contributed by atoms with Gasteiger partial charge in [0, 0.05) is 17.1 Å². The van der Waals surface area contributed by atoms with Gasteiger partial charge in [-0.25, -0.2) is 4.39 Å². The second-order valence-corrected chi connectivity index (χ2v) is 6.91. The average Bonchev–Trinajstić information content (AvgIpc) is 2.74. The Labute approximate surface area is 186 Å². The lowest BCUT2D eigenvalue weighted by molar-refractivity contribution is -0.138. The molecule has 166 valence electrons. The molecule has 0 heterocycles. The molecular weight excluding hydrogens is 446 g/mol. The molecule has 3 aromatic carbocycles. The van der Waals surface area contributed by atoms with Crippen molar-refractivity contribution in [2.75, 3.05) is 23.1 Å². The predicted octanol–water partition coefficient (Wildman–Crippen LogP) is 5.91. The molecule has 0 aliphatic carbocycles. The minimum atomic E-state index is -4.58. The Balaban J connectivity index is 1.63. The van der Waals surface area contributed by atoms with Crippen LogP contribution in [0.5, 0.6) is 5.75 Å². The molecule has 10 heteroatoms. The minimum absolute atomic E-state index is 0.0615. The first-order chi connectivity index (χ1) is 15.2. The number of thiocarbonyl (C=S) groups is 1. The van der Waals surface area contributed by atoms with Crippen molar-refractivity contribution in [2.24, 2.45) is 0 Å². The molecule has 0 saturated heterocycles. The molecule has 0 aromatic heterocycles. The van der Waals surface area contributed by atoms with Gasteiger partial charge in [0.05, 0.1) is 18.2 Å². The van der Waals surface area contributed by atoms with Crippen LogP contribution in [0.3, 0.4) is 0 Å². The molecule has 3 aromatic rings. The fourth-order valence-corrected chi connectivity index (χ4v) is 3.02. The number of alkyl halides is 3. The van der Waals surface area contributed by atoms with Crippen LogP contribution < -0.4 is 20.7 Å². The summed E-state index contributed by atoms with van der Waals surface area (Å²) in [7, 11) is 1.16. The second-order valence-electron chi connectivity index (χ2n) is 6.50. The Hall–Kier alpha value is -3.66. The third kappa shape index (κ3) is 5.73. The maximum absolute atomic E-state index is 13.7. The number of benzene rings is 3. The van der Waals surface area contributed by atoms with Crippen LogP contribution in [0.1, 0.15) is 15.9 Å². The van der Waals surface area contributed by atoms with Gasteiger partial charge in [-0.3, -0.25) is 4.79 Å². The quantitative estimate of drug-likeness (QED) is 0.324. The molecule has 0 aliphatic heterocycles. The highest BCUT2D eigenvalue weighted by atomic mass is 32.1. The molecule has 0 saturated carbocycles. The molecule has 0 aliphatic rings. The molecule has 0 bridgehead atoms. The molecule has 5 nitrogen and oxygen atoms in total. The van der Waals surface area contributed by atoms with Gasteiger partial charge < -0.3 is 20.7 Å². The fourth-order valence-electron chi connectivity index (χ4n) is 2.78. The van der Waals surface area contributed by atoms with Crippen molar-refractivity contribution in [3.63, 3.8) is 0 Å². The van der Waals surface area contributed by atoms with Gasteiger partial charge in [-0.1, -0.05) is 12.1 Å². The van der Waals surface area contributed by atoms with Crippen LogP contribution in [-0.4, -0.2) is 18.1 Å². The Morgan fingerprint density at radius 2 is 1.44 bits per heavy atom. The van der Waals surface area contributed by atoms with Crippen molar-refractivity contribution in [3.05, 3.63) is 83.7 Å². The zero-order valence-electron chi connectivity index (χ0n) is 16.6. The number of anilines is 3. The highest BCUT2D eigenvalue weighted by molar-refractivity contribution is 7.80. The van der Waals surface area contributed by atoms with E-state index in [0.29, 0.717) is 11.4 Å². The van der Waals surface area contributed by atoms with Crippen LogP contribution >= 0.6 is 12.2 Å². The Kier molecular flexibility index (Phi) is 6.94. The lowest BCUT2D eigenvalue weighted by atomic mass is 10.1. The van der Waals surface area contributed by atoms with Crippen molar-refractivity contribution in [2.45, 2.75) is 6.18 Å². The smallest absolute Gasteiger partial charge is 0.420 e. The van der Waals surface area contributed by atoms with Gasteiger partial charge in [0.25, 0.3) is 5.91 Å². The van der Waals surface area contributed by atoms with Crippen molar-refractivity contribution < 1.29 is 27.1 Å². The summed E-state index contributed by atoms with van der Waals surface area (Å²) in [5.74, 6) is -1.53. The van der Waals surface area contributed by atoms with Gasteiger partial charge in [-0.05, 0) is 66.8 Å². The monoisotopic (exact) mass is 463 g/mol. The van der Waals surface area contributed by atoms with E-state index in [0.717, 1.165) is 13.2 Å². The molecule has 0 radical (unpaired) electrons. The molecule has 0 spiro atoms. The van der Waals surface area contributed by atoms with Gasteiger partial charge in [0.15, 0.2) is 5.11 Å². The molecule has 3 rings (SSSR count). The van der Waals surface area contributed by atoms with E-state index in [-0.39, 0.29) is 22.1 Å². The van der Waals surface area contributed by atoms with Gasteiger partial charge in [0.2, 0.25) is 0 Å². The van der Waals surface area contributed by atoms with E-state index in [2.05, 4.69) is 16.0 Å². The van der Waals surface area contributed by atoms with Crippen LogP contribution in [0.15, 0.2) is 66.7 Å². The van der Waals surface area contributed by atoms with Crippen LogP contribution in [0.25, 0.3) is 0 Å². The third-order valence-corrected chi connectivity index (χ3v) is 4.49. The number of nitrogens with one attached hydrogen (secondary N) is 3. The van der Waals surface area contributed by atoms with Crippen LogP contribution in [0, 0.1) is 5.82 Å². The Morgan fingerprint density at radius 1 is 0.875 bits per heavy atom. The normalized spacial score (nSPS) is 10.9. The largest absolute Gasteiger partial charge is 0.496 e. The maximum Gasteiger partial charge on any atom is 0.420 e. The topological polar surface area (TPSA) is 62.4 Å². The van der Waals surface area contributed by atoms with Crippen LogP contribution in [-0.2, 0) is 6.18 Å². The van der Waals surface area contributed by atoms with Crippen molar-refractivity contribution in [1.29, 1.82) is 0 Å². The number of ether oxygens (including phenoxy) is 1. The lowest BCUT2D eigenvalue weighted by Gasteiger charge is -2.15. The summed E-state index contributed by atoms with van der Waals surface area (Å²) in [5.41, 5.74) is 0.0635. The molecular formula is C22H17F4N3O2S. The van der Waals surface area contributed by atoms with E-state index in [1.165, 1.54) is 30.3 Å². The molecule has 0 fully saturated rings. The summed E-state index contributed by atoms with van der Waals surface area (Å²) in [6, 6.07) is 15.4. The van der Waals surface area contributed by atoms with Crippen molar-refractivity contribution in [3.8, 4) is 5.75 Å². The third-order valence-electron chi connectivity index (χ3n) is 4.28. The number of halogens is 4. The van der Waals surface area contributed by atoms with Crippen LogP contribution in [0.2, 0.25) is 0 Å². The SMILES string of the molecule is COc1ccc(NC(=S)Nc2ccc(NC(=O)c3ccccc3F)cc2)cc1C(F)(F)F. The number of rotatable bonds is 5. The molecule has 32 heavy (non-hydrogen) atoms. The summed E-state index contributed by atoms with van der Waals surface area (Å²) < 4.78 is 57.9. The highest BCUT2D eigenvalue weighted by Gasteiger charge is 2.34. The van der Waals surface area contributed by atoms with E-state index >= 15 is 0 Å². The average molecular weight is 463 g/mol. The zero-order chi connectivity index (χ0) is 23.3. The van der Waals surface area contributed by atoms with E-state index in [4.69, 9.17) is 17.0 Å². The van der Waals surface area contributed by atoms with Gasteiger partial charge in [0.1, 0.15) is 11.6 Å². The maximum atomic E-state index is 13.7. The first-order valence-electron chi connectivity index (χ1n) is 9.16. The molecule has 0 unspecified atom stereocenters. The van der Waals surface area contributed by atoms with Gasteiger partial charge in [-0.2, -0.15) is 13.2 Å². The predicted molar refractivity (Wildman–Crippen MR) is 119 cm³/mol. The summed E-state index contributed by atoms with van der Waals surface area (Å²) in [6.07, 6.45) is -4.58. The number of carbonyl (C=O) groups is 1. The lowest BCUT2D eigenvalue weighted by Crippen LogP contribution is -2.19. The van der Waals surface area contributed by atoms with Crippen LogP contribution in [0.4, 0.5) is 34.6 Å². The van der Waals surface area contributed by atoms with E-state index in [1.807, 2.05) is 0 Å². The first kappa shape index (κ1) is 23.0. The number of hydrogen-bond donors (Lipinski definition) is 3. The Morgan fingerprint density at radius 3 is 2.03 bits per heavy atom. The van der Waals surface area contributed by atoms with Gasteiger partial charge in [-0.15, -0.1) is 0 Å². The summed E-state index contributed by atoms with van der Waals surface area (Å²) in [6.45, 7) is 0. The standard InChI is InChI=1S/C22H17F4N3O2S/c1-31-19-11-10-15(12-17(19)22(24,25)26)29-21(32)28-14-8-6-13(7-9-14)27-20(30)16-4-2-3-5-18(16)23/h2-12H,1H3,(H,27,30)(H2,28,29,32). The Bertz CT molecular complexity index is 1130. The molecule has 3 N–H and O–H groups in total. The second kappa shape index (κ2) is 9.65. The van der Waals surface area contributed by atoms with Gasteiger partial charge >= 0.3 is 6.18 Å². The first-order valence-corrected chi connectivity index (χ1v) is 9.57.